The molecule has 0 unspecified atom stereocenters. The van der Waals surface area contributed by atoms with Crippen LogP contribution in [-0.4, -0.2) is 36.1 Å². The van der Waals surface area contributed by atoms with Crippen LogP contribution in [0.1, 0.15) is 29.5 Å². The lowest BCUT2D eigenvalue weighted by Crippen LogP contribution is -2.51. The van der Waals surface area contributed by atoms with Gasteiger partial charge >= 0.3 is 0 Å². The minimum atomic E-state index is 0.00794. The second-order valence-electron chi connectivity index (χ2n) is 6.34. The topological polar surface area (TPSA) is 41.3 Å². The van der Waals surface area contributed by atoms with E-state index < -0.39 is 0 Å². The molecule has 4 nitrogen and oxygen atoms in total. The standard InChI is InChI=1S/C16H21N3OS/c1-16(2,19-8-6-17-7-9-19)15-18-14-11-5-10-20-12(11)3-4-13(14)21-15/h5,10,17H,3-4,6-9H2,1-2H3. The molecule has 1 aliphatic carbocycles. The number of hydrogen-bond acceptors (Lipinski definition) is 5. The first-order chi connectivity index (χ1) is 10.2. The first-order valence-corrected chi connectivity index (χ1v) is 8.50. The predicted octanol–water partition coefficient (Wildman–Crippen LogP) is 2.64. The number of furan rings is 1. The van der Waals surface area contributed by atoms with Gasteiger partial charge in [0.25, 0.3) is 0 Å². The number of hydrogen-bond donors (Lipinski definition) is 1. The Morgan fingerprint density at radius 3 is 2.90 bits per heavy atom. The van der Waals surface area contributed by atoms with Gasteiger partial charge in [0, 0.05) is 43.0 Å². The summed E-state index contributed by atoms with van der Waals surface area (Å²) in [5.74, 6) is 1.10. The van der Waals surface area contributed by atoms with Crippen LogP contribution >= 0.6 is 11.3 Å². The molecule has 21 heavy (non-hydrogen) atoms. The number of fused-ring (bicyclic) bond motifs is 3. The summed E-state index contributed by atoms with van der Waals surface area (Å²) in [6.07, 6.45) is 3.86. The van der Waals surface area contributed by atoms with E-state index in [4.69, 9.17) is 9.40 Å². The van der Waals surface area contributed by atoms with Crippen LogP contribution in [0, 0.1) is 0 Å². The summed E-state index contributed by atoms with van der Waals surface area (Å²) in [4.78, 5) is 8.97. The molecule has 2 aromatic rings. The number of aromatic nitrogens is 1. The molecule has 112 valence electrons. The number of thiazole rings is 1. The molecule has 5 heteroatoms. The van der Waals surface area contributed by atoms with Gasteiger partial charge in [-0.3, -0.25) is 4.90 Å². The minimum Gasteiger partial charge on any atom is -0.469 e. The van der Waals surface area contributed by atoms with Gasteiger partial charge in [-0.2, -0.15) is 0 Å². The van der Waals surface area contributed by atoms with E-state index in [2.05, 4.69) is 30.1 Å². The molecule has 0 amide bonds. The number of aryl methyl sites for hydroxylation is 2. The zero-order chi connectivity index (χ0) is 14.4. The molecule has 0 spiro atoms. The summed E-state index contributed by atoms with van der Waals surface area (Å²) in [5, 5.41) is 4.66. The Labute approximate surface area is 129 Å². The molecular formula is C16H21N3OS. The fourth-order valence-corrected chi connectivity index (χ4v) is 4.53. The van der Waals surface area contributed by atoms with Gasteiger partial charge in [-0.25, -0.2) is 4.98 Å². The zero-order valence-corrected chi connectivity index (χ0v) is 13.4. The third kappa shape index (κ3) is 2.15. The van der Waals surface area contributed by atoms with Crippen LogP contribution in [-0.2, 0) is 18.4 Å². The van der Waals surface area contributed by atoms with Gasteiger partial charge in [-0.05, 0) is 26.3 Å². The zero-order valence-electron chi connectivity index (χ0n) is 12.6. The molecule has 4 rings (SSSR count). The summed E-state index contributed by atoms with van der Waals surface area (Å²) in [7, 11) is 0. The smallest absolute Gasteiger partial charge is 0.113 e. The van der Waals surface area contributed by atoms with Gasteiger partial charge in [0.1, 0.15) is 10.8 Å². The van der Waals surface area contributed by atoms with Gasteiger partial charge in [0.2, 0.25) is 0 Å². The van der Waals surface area contributed by atoms with E-state index in [1.807, 2.05) is 11.3 Å². The van der Waals surface area contributed by atoms with Crippen molar-refractivity contribution in [2.75, 3.05) is 26.2 Å². The fourth-order valence-electron chi connectivity index (χ4n) is 3.32. The van der Waals surface area contributed by atoms with Gasteiger partial charge in [0.15, 0.2) is 0 Å². The van der Waals surface area contributed by atoms with Crippen LogP contribution in [0.3, 0.4) is 0 Å². The molecule has 0 aromatic carbocycles. The molecule has 1 N–H and O–H groups in total. The van der Waals surface area contributed by atoms with Crippen molar-refractivity contribution in [3.05, 3.63) is 28.0 Å². The maximum atomic E-state index is 5.57. The molecule has 0 bridgehead atoms. The largest absolute Gasteiger partial charge is 0.469 e. The lowest BCUT2D eigenvalue weighted by molar-refractivity contribution is 0.102. The van der Waals surface area contributed by atoms with Gasteiger partial charge in [-0.15, -0.1) is 11.3 Å². The highest BCUT2D eigenvalue weighted by atomic mass is 32.1. The van der Waals surface area contributed by atoms with Gasteiger partial charge in [-0.1, -0.05) is 0 Å². The Kier molecular flexibility index (Phi) is 3.17. The molecule has 1 fully saturated rings. The van der Waals surface area contributed by atoms with Crippen molar-refractivity contribution in [2.45, 2.75) is 32.2 Å². The van der Waals surface area contributed by atoms with Crippen LogP contribution in [0.2, 0.25) is 0 Å². The van der Waals surface area contributed by atoms with Crippen LogP contribution in [0.5, 0.6) is 0 Å². The van der Waals surface area contributed by atoms with E-state index in [-0.39, 0.29) is 5.54 Å². The monoisotopic (exact) mass is 303 g/mol. The minimum absolute atomic E-state index is 0.00794. The summed E-state index contributed by atoms with van der Waals surface area (Å²) < 4.78 is 5.57. The lowest BCUT2D eigenvalue weighted by atomic mass is 10.00. The van der Waals surface area contributed by atoms with Crippen LogP contribution in [0.25, 0.3) is 11.3 Å². The van der Waals surface area contributed by atoms with E-state index in [1.54, 1.807) is 6.26 Å². The number of piperazine rings is 1. The molecule has 0 atom stereocenters. The molecule has 2 aromatic heterocycles. The van der Waals surface area contributed by atoms with Crippen molar-refractivity contribution in [1.29, 1.82) is 0 Å². The van der Waals surface area contributed by atoms with Gasteiger partial charge < -0.3 is 9.73 Å². The molecule has 0 saturated carbocycles. The van der Waals surface area contributed by atoms with Crippen LogP contribution < -0.4 is 5.32 Å². The third-order valence-electron chi connectivity index (χ3n) is 4.71. The molecule has 2 aliphatic rings. The van der Waals surface area contributed by atoms with E-state index in [0.29, 0.717) is 0 Å². The van der Waals surface area contributed by atoms with Gasteiger partial charge in [0.05, 0.1) is 17.5 Å². The maximum absolute atomic E-state index is 5.57. The Hall–Kier alpha value is -1.17. The summed E-state index contributed by atoms with van der Waals surface area (Å²) in [6, 6.07) is 2.06. The van der Waals surface area contributed by atoms with Crippen molar-refractivity contribution < 1.29 is 4.42 Å². The average molecular weight is 303 g/mol. The van der Waals surface area contributed by atoms with Crippen molar-refractivity contribution in [2.24, 2.45) is 0 Å². The van der Waals surface area contributed by atoms with Crippen LogP contribution in [0.15, 0.2) is 16.7 Å². The quantitative estimate of drug-likeness (QED) is 0.926. The fraction of sp³-hybridized carbons (Fsp3) is 0.562. The third-order valence-corrected chi connectivity index (χ3v) is 6.14. The van der Waals surface area contributed by atoms with Crippen molar-refractivity contribution in [1.82, 2.24) is 15.2 Å². The SMILES string of the molecule is CC(C)(c1nc2c(s1)CCc1occc1-2)N1CCNCC1. The first kappa shape index (κ1) is 13.5. The highest BCUT2D eigenvalue weighted by Crippen LogP contribution is 2.41. The van der Waals surface area contributed by atoms with E-state index in [0.717, 1.165) is 50.5 Å². The van der Waals surface area contributed by atoms with Crippen molar-refractivity contribution in [3.63, 3.8) is 0 Å². The van der Waals surface area contributed by atoms with Crippen LogP contribution in [0.4, 0.5) is 0 Å². The highest BCUT2D eigenvalue weighted by Gasteiger charge is 2.34. The van der Waals surface area contributed by atoms with E-state index in [1.165, 1.54) is 15.4 Å². The highest BCUT2D eigenvalue weighted by molar-refractivity contribution is 7.12. The molecule has 1 aliphatic heterocycles. The van der Waals surface area contributed by atoms with E-state index in [9.17, 15) is 0 Å². The Morgan fingerprint density at radius 2 is 2.10 bits per heavy atom. The van der Waals surface area contributed by atoms with Crippen molar-refractivity contribution in [3.8, 4) is 11.3 Å². The second kappa shape index (κ2) is 4.93. The summed E-state index contributed by atoms with van der Waals surface area (Å²) >= 11 is 1.89. The second-order valence-corrected chi connectivity index (χ2v) is 7.43. The molecule has 0 radical (unpaired) electrons. The molecular weight excluding hydrogens is 282 g/mol. The first-order valence-electron chi connectivity index (χ1n) is 7.69. The maximum Gasteiger partial charge on any atom is 0.113 e. The normalized spacial score (nSPS) is 19.3. The number of rotatable bonds is 2. The molecule has 1 saturated heterocycles. The Morgan fingerprint density at radius 1 is 1.29 bits per heavy atom. The number of nitrogens with one attached hydrogen (secondary N) is 1. The molecule has 3 heterocycles. The Bertz CT molecular complexity index is 652. The lowest BCUT2D eigenvalue weighted by Gasteiger charge is -2.39. The number of nitrogens with zero attached hydrogens (tertiary/aromatic N) is 2. The van der Waals surface area contributed by atoms with E-state index >= 15 is 0 Å². The Balaban J connectivity index is 1.71. The predicted molar refractivity (Wildman–Crippen MR) is 84.7 cm³/mol. The van der Waals surface area contributed by atoms with Crippen molar-refractivity contribution >= 4 is 11.3 Å². The summed E-state index contributed by atoms with van der Waals surface area (Å²) in [6.45, 7) is 8.93. The average Bonchev–Trinajstić information content (AvgIpc) is 3.14. The summed E-state index contributed by atoms with van der Waals surface area (Å²) in [5.41, 5.74) is 2.37.